The van der Waals surface area contributed by atoms with Gasteiger partial charge in [-0.15, -0.1) is 11.3 Å². The summed E-state index contributed by atoms with van der Waals surface area (Å²) in [5.74, 6) is 0.120. The molecule has 27 heavy (non-hydrogen) atoms. The van der Waals surface area contributed by atoms with Crippen molar-refractivity contribution in [2.24, 2.45) is 5.92 Å². The van der Waals surface area contributed by atoms with E-state index in [1.54, 1.807) is 0 Å². The van der Waals surface area contributed by atoms with Crippen LogP contribution in [0.2, 0.25) is 0 Å². The second-order valence-corrected chi connectivity index (χ2v) is 8.26. The number of carbonyl (C=O) groups excluding carboxylic acids is 1. The van der Waals surface area contributed by atoms with Gasteiger partial charge in [-0.1, -0.05) is 25.1 Å². The minimum Gasteiger partial charge on any atom is -0.393 e. The number of aromatic nitrogens is 2. The molecule has 1 fully saturated rings. The van der Waals surface area contributed by atoms with Crippen LogP contribution in [0.1, 0.15) is 51.7 Å². The number of carbonyl (C=O) groups is 1. The maximum atomic E-state index is 12.9. The van der Waals surface area contributed by atoms with E-state index in [1.165, 1.54) is 11.3 Å². The smallest absolute Gasteiger partial charge is 0.263 e. The maximum absolute atomic E-state index is 12.9. The molecule has 1 aliphatic rings. The van der Waals surface area contributed by atoms with Crippen LogP contribution < -0.4 is 5.32 Å². The molecule has 1 atom stereocenters. The van der Waals surface area contributed by atoms with Crippen LogP contribution in [0, 0.1) is 12.8 Å². The van der Waals surface area contributed by atoms with Crippen LogP contribution in [0.4, 0.5) is 0 Å². The first-order chi connectivity index (χ1) is 13.0. The largest absolute Gasteiger partial charge is 0.393 e. The summed E-state index contributed by atoms with van der Waals surface area (Å²) < 4.78 is 0. The predicted molar refractivity (Wildman–Crippen MR) is 107 cm³/mol. The van der Waals surface area contributed by atoms with Gasteiger partial charge in [0.25, 0.3) is 5.91 Å². The van der Waals surface area contributed by atoms with E-state index >= 15 is 0 Å². The number of rotatable bonds is 5. The number of benzene rings is 1. The zero-order valence-electron chi connectivity index (χ0n) is 15.5. The minimum atomic E-state index is -0.278. The molecule has 2 aromatic heterocycles. The molecule has 2 N–H and O–H groups in total. The van der Waals surface area contributed by atoms with Crippen LogP contribution in [0.15, 0.2) is 36.5 Å². The number of nitrogens with zero attached hydrogens (tertiary/aromatic N) is 2. The Morgan fingerprint density at radius 2 is 2.15 bits per heavy atom. The van der Waals surface area contributed by atoms with Crippen molar-refractivity contribution in [1.29, 1.82) is 0 Å². The van der Waals surface area contributed by atoms with Gasteiger partial charge in [0.15, 0.2) is 0 Å². The number of aliphatic hydroxyl groups excluding tert-OH is 1. The van der Waals surface area contributed by atoms with Crippen molar-refractivity contribution in [3.8, 4) is 0 Å². The molecule has 140 valence electrons. The summed E-state index contributed by atoms with van der Waals surface area (Å²) in [4.78, 5) is 22.6. The highest BCUT2D eigenvalue weighted by Crippen LogP contribution is 2.39. The van der Waals surface area contributed by atoms with Crippen LogP contribution in [-0.2, 0) is 6.42 Å². The number of fused-ring (bicyclic) bond motifs is 1. The molecule has 6 heteroatoms. The fourth-order valence-electron chi connectivity index (χ4n) is 3.65. The zero-order valence-corrected chi connectivity index (χ0v) is 16.3. The molecular weight excluding hydrogens is 358 g/mol. The van der Waals surface area contributed by atoms with Gasteiger partial charge in [0.1, 0.15) is 4.88 Å². The lowest BCUT2D eigenvalue weighted by Crippen LogP contribution is -2.41. The number of para-hydroxylation sites is 1. The molecule has 1 aliphatic carbocycles. The molecule has 5 nitrogen and oxygen atoms in total. The first-order valence-electron chi connectivity index (χ1n) is 9.35. The third-order valence-corrected chi connectivity index (χ3v) is 6.53. The van der Waals surface area contributed by atoms with Gasteiger partial charge in [0.05, 0.1) is 28.4 Å². The number of amides is 1. The van der Waals surface area contributed by atoms with Gasteiger partial charge in [-0.2, -0.15) is 0 Å². The molecule has 0 radical (unpaired) electrons. The van der Waals surface area contributed by atoms with E-state index in [2.05, 4.69) is 21.4 Å². The van der Waals surface area contributed by atoms with Crippen molar-refractivity contribution < 1.29 is 9.90 Å². The lowest BCUT2D eigenvalue weighted by atomic mass is 9.75. The highest BCUT2D eigenvalue weighted by Gasteiger charge is 2.36. The Morgan fingerprint density at radius 1 is 1.37 bits per heavy atom. The van der Waals surface area contributed by atoms with E-state index in [4.69, 9.17) is 0 Å². The molecule has 0 spiro atoms. The quantitative estimate of drug-likeness (QED) is 0.705. The number of nitrogens with one attached hydrogen (secondary N) is 1. The first-order valence-corrected chi connectivity index (χ1v) is 10.2. The lowest BCUT2D eigenvalue weighted by molar-refractivity contribution is 0.0235. The van der Waals surface area contributed by atoms with Crippen molar-refractivity contribution in [1.82, 2.24) is 15.3 Å². The van der Waals surface area contributed by atoms with Gasteiger partial charge >= 0.3 is 0 Å². The summed E-state index contributed by atoms with van der Waals surface area (Å²) in [5, 5.41) is 15.0. The zero-order chi connectivity index (χ0) is 19.0. The van der Waals surface area contributed by atoms with E-state index in [1.807, 2.05) is 44.3 Å². The Morgan fingerprint density at radius 3 is 2.85 bits per heavy atom. The molecule has 1 aromatic carbocycles. The number of aliphatic hydroxyl groups is 1. The molecule has 2 heterocycles. The molecule has 4 rings (SSSR count). The van der Waals surface area contributed by atoms with Crippen LogP contribution in [0.3, 0.4) is 0 Å². The molecule has 0 unspecified atom stereocenters. The van der Waals surface area contributed by atoms with E-state index in [0.29, 0.717) is 17.7 Å². The third-order valence-electron chi connectivity index (χ3n) is 5.23. The summed E-state index contributed by atoms with van der Waals surface area (Å²) in [7, 11) is 0. The Bertz CT molecular complexity index is 978. The van der Waals surface area contributed by atoms with E-state index in [9.17, 15) is 9.90 Å². The Hall–Kier alpha value is -2.31. The molecule has 1 saturated carbocycles. The molecular formula is C21H23N3O2S. The number of pyridine rings is 1. The van der Waals surface area contributed by atoms with Crippen LogP contribution in [0.25, 0.3) is 10.9 Å². The van der Waals surface area contributed by atoms with Gasteiger partial charge in [0.2, 0.25) is 0 Å². The first kappa shape index (κ1) is 18.1. The van der Waals surface area contributed by atoms with Gasteiger partial charge in [-0.3, -0.25) is 9.78 Å². The average Bonchev–Trinajstić information content (AvgIpc) is 3.04. The Labute approximate surface area is 162 Å². The summed E-state index contributed by atoms with van der Waals surface area (Å²) in [6.45, 7) is 3.92. The van der Waals surface area contributed by atoms with Crippen LogP contribution >= 0.6 is 11.3 Å². The van der Waals surface area contributed by atoms with Crippen molar-refractivity contribution in [3.63, 3.8) is 0 Å². The SMILES string of the molecule is CCc1nc(C)c(C(=O)N[C@H](c2cnc3ccccc3c2)C2CC(O)C2)s1. The average molecular weight is 382 g/mol. The summed E-state index contributed by atoms with van der Waals surface area (Å²) >= 11 is 1.46. The predicted octanol–water partition coefficient (Wildman–Crippen LogP) is 3.80. The molecule has 3 aromatic rings. The maximum Gasteiger partial charge on any atom is 0.263 e. The van der Waals surface area contributed by atoms with Gasteiger partial charge < -0.3 is 10.4 Å². The second-order valence-electron chi connectivity index (χ2n) is 7.17. The Kier molecular flexibility index (Phi) is 4.93. The highest BCUT2D eigenvalue weighted by atomic mass is 32.1. The second kappa shape index (κ2) is 7.37. The van der Waals surface area contributed by atoms with Crippen molar-refractivity contribution in [2.75, 3.05) is 0 Å². The van der Waals surface area contributed by atoms with E-state index < -0.39 is 0 Å². The monoisotopic (exact) mass is 381 g/mol. The molecule has 1 amide bonds. The number of hydrogen-bond donors (Lipinski definition) is 2. The van der Waals surface area contributed by atoms with Gasteiger partial charge in [0, 0.05) is 11.6 Å². The summed E-state index contributed by atoms with van der Waals surface area (Å²) in [6.07, 6.45) is 3.78. The Balaban J connectivity index is 1.64. The van der Waals surface area contributed by atoms with Gasteiger partial charge in [-0.05, 0) is 49.8 Å². The number of aryl methyl sites for hydroxylation is 2. The van der Waals surface area contributed by atoms with E-state index in [0.717, 1.165) is 33.6 Å². The standard InChI is InChI=1S/C21H23N3O2S/c1-3-18-23-12(2)20(27-18)21(26)24-19(14-9-16(25)10-14)15-8-13-6-4-5-7-17(13)22-11-15/h4-8,11,14,16,19,25H,3,9-10H2,1-2H3,(H,24,26)/t14?,16?,19-/m0/s1. The number of hydrogen-bond acceptors (Lipinski definition) is 5. The summed E-state index contributed by atoms with van der Waals surface area (Å²) in [5.41, 5.74) is 2.70. The topological polar surface area (TPSA) is 75.1 Å². The highest BCUT2D eigenvalue weighted by molar-refractivity contribution is 7.13. The van der Waals surface area contributed by atoms with Crippen molar-refractivity contribution >= 4 is 28.1 Å². The molecule has 0 bridgehead atoms. The van der Waals surface area contributed by atoms with E-state index in [-0.39, 0.29) is 24.0 Å². The summed E-state index contributed by atoms with van der Waals surface area (Å²) in [6, 6.07) is 9.89. The van der Waals surface area contributed by atoms with Crippen molar-refractivity contribution in [2.45, 2.75) is 45.3 Å². The minimum absolute atomic E-state index is 0.0933. The van der Waals surface area contributed by atoms with Crippen molar-refractivity contribution in [3.05, 3.63) is 57.7 Å². The normalized spacial score (nSPS) is 20.3. The lowest BCUT2D eigenvalue weighted by Gasteiger charge is -2.38. The molecule has 0 aliphatic heterocycles. The fraction of sp³-hybridized carbons (Fsp3) is 0.381. The van der Waals surface area contributed by atoms with Crippen LogP contribution in [0.5, 0.6) is 0 Å². The van der Waals surface area contributed by atoms with Crippen LogP contribution in [-0.4, -0.2) is 27.1 Å². The molecule has 0 saturated heterocycles. The fourth-order valence-corrected chi connectivity index (χ4v) is 4.56. The third kappa shape index (κ3) is 3.59. The van der Waals surface area contributed by atoms with Gasteiger partial charge in [-0.25, -0.2) is 4.98 Å². The number of thiazole rings is 1.